The fourth-order valence-corrected chi connectivity index (χ4v) is 1.48. The van der Waals surface area contributed by atoms with Gasteiger partial charge in [0.1, 0.15) is 5.82 Å². The van der Waals surface area contributed by atoms with Crippen LogP contribution in [-0.4, -0.2) is 22.4 Å². The van der Waals surface area contributed by atoms with Gasteiger partial charge in [0.15, 0.2) is 0 Å². The van der Waals surface area contributed by atoms with Crippen molar-refractivity contribution in [1.29, 1.82) is 0 Å². The van der Waals surface area contributed by atoms with Crippen LogP contribution in [0.4, 0.5) is 11.5 Å². The molecule has 0 fully saturated rings. The first-order valence-corrected chi connectivity index (χ1v) is 5.69. The first-order chi connectivity index (χ1) is 8.74. The number of hydrogen-bond acceptors (Lipinski definition) is 4. The minimum Gasteiger partial charge on any atom is -0.376 e. The standard InChI is InChI=1S/C12H11ClN4O/c13-12-14-7-6-10(17-12)16-11(18)8-15-9-4-2-1-3-5-9/h1-7,15H,8H2,(H,14,16,17,18). The summed E-state index contributed by atoms with van der Waals surface area (Å²) in [4.78, 5) is 19.2. The van der Waals surface area contributed by atoms with Gasteiger partial charge in [-0.05, 0) is 29.8 Å². The molecule has 6 heteroatoms. The number of rotatable bonds is 4. The SMILES string of the molecule is O=C(CNc1ccccc1)Nc1ccnc(Cl)n1. The zero-order valence-electron chi connectivity index (χ0n) is 9.43. The third-order valence-electron chi connectivity index (χ3n) is 2.12. The molecule has 92 valence electrons. The number of hydrogen-bond donors (Lipinski definition) is 2. The Bertz CT molecular complexity index is 533. The van der Waals surface area contributed by atoms with Gasteiger partial charge in [0.2, 0.25) is 11.2 Å². The highest BCUT2D eigenvalue weighted by Gasteiger charge is 2.03. The van der Waals surface area contributed by atoms with Crippen molar-refractivity contribution in [3.63, 3.8) is 0 Å². The van der Waals surface area contributed by atoms with E-state index in [1.165, 1.54) is 6.20 Å². The van der Waals surface area contributed by atoms with Crippen molar-refractivity contribution in [2.75, 3.05) is 17.2 Å². The average Bonchev–Trinajstić information content (AvgIpc) is 2.38. The maximum absolute atomic E-state index is 11.6. The number of amides is 1. The van der Waals surface area contributed by atoms with E-state index < -0.39 is 0 Å². The zero-order valence-corrected chi connectivity index (χ0v) is 10.2. The third kappa shape index (κ3) is 3.71. The highest BCUT2D eigenvalue weighted by atomic mass is 35.5. The normalized spacial score (nSPS) is 9.83. The lowest BCUT2D eigenvalue weighted by atomic mass is 10.3. The molecule has 0 aliphatic heterocycles. The molecule has 1 aromatic heterocycles. The molecule has 5 nitrogen and oxygen atoms in total. The molecule has 0 radical (unpaired) electrons. The maximum Gasteiger partial charge on any atom is 0.244 e. The Morgan fingerprint density at radius 1 is 1.22 bits per heavy atom. The van der Waals surface area contributed by atoms with Gasteiger partial charge in [-0.2, -0.15) is 0 Å². The van der Waals surface area contributed by atoms with Crippen LogP contribution in [0.2, 0.25) is 5.28 Å². The van der Waals surface area contributed by atoms with Crippen molar-refractivity contribution in [3.05, 3.63) is 47.9 Å². The van der Waals surface area contributed by atoms with Crippen LogP contribution < -0.4 is 10.6 Å². The summed E-state index contributed by atoms with van der Waals surface area (Å²) in [6.07, 6.45) is 1.48. The Labute approximate surface area is 109 Å². The largest absolute Gasteiger partial charge is 0.376 e. The molecular formula is C12H11ClN4O. The molecule has 2 rings (SSSR count). The Morgan fingerprint density at radius 2 is 2.00 bits per heavy atom. The van der Waals surface area contributed by atoms with Gasteiger partial charge in [0, 0.05) is 11.9 Å². The van der Waals surface area contributed by atoms with Gasteiger partial charge in [-0.1, -0.05) is 18.2 Å². The summed E-state index contributed by atoms with van der Waals surface area (Å²) in [5.41, 5.74) is 0.883. The number of nitrogens with one attached hydrogen (secondary N) is 2. The van der Waals surface area contributed by atoms with Crippen LogP contribution in [0.3, 0.4) is 0 Å². The molecule has 1 aromatic carbocycles. The van der Waals surface area contributed by atoms with Crippen LogP contribution in [0.1, 0.15) is 0 Å². The van der Waals surface area contributed by atoms with Gasteiger partial charge in [-0.3, -0.25) is 4.79 Å². The molecule has 0 spiro atoms. The number of carbonyl (C=O) groups excluding carboxylic acids is 1. The van der Waals surface area contributed by atoms with Gasteiger partial charge in [-0.15, -0.1) is 0 Å². The van der Waals surface area contributed by atoms with E-state index >= 15 is 0 Å². The first kappa shape index (κ1) is 12.3. The number of aromatic nitrogens is 2. The van der Waals surface area contributed by atoms with Gasteiger partial charge in [0.25, 0.3) is 0 Å². The van der Waals surface area contributed by atoms with E-state index in [1.807, 2.05) is 30.3 Å². The lowest BCUT2D eigenvalue weighted by molar-refractivity contribution is -0.114. The number of benzene rings is 1. The predicted molar refractivity (Wildman–Crippen MR) is 70.6 cm³/mol. The predicted octanol–water partition coefficient (Wildman–Crippen LogP) is 2.18. The highest BCUT2D eigenvalue weighted by Crippen LogP contribution is 2.06. The van der Waals surface area contributed by atoms with Crippen molar-refractivity contribution < 1.29 is 4.79 Å². The van der Waals surface area contributed by atoms with Crippen molar-refractivity contribution in [2.24, 2.45) is 0 Å². The Kier molecular flexibility index (Phi) is 4.09. The molecule has 2 aromatic rings. The number of anilines is 2. The van der Waals surface area contributed by atoms with E-state index in [4.69, 9.17) is 11.6 Å². The fraction of sp³-hybridized carbons (Fsp3) is 0.0833. The second-order valence-electron chi connectivity index (χ2n) is 3.48. The van der Waals surface area contributed by atoms with Crippen LogP contribution >= 0.6 is 11.6 Å². The second kappa shape index (κ2) is 5.97. The van der Waals surface area contributed by atoms with E-state index in [1.54, 1.807) is 6.07 Å². The molecule has 2 N–H and O–H groups in total. The molecule has 0 saturated carbocycles. The molecule has 0 saturated heterocycles. The summed E-state index contributed by atoms with van der Waals surface area (Å²) < 4.78 is 0. The van der Waals surface area contributed by atoms with E-state index in [-0.39, 0.29) is 17.7 Å². The Hall–Kier alpha value is -2.14. The van der Waals surface area contributed by atoms with Gasteiger partial charge >= 0.3 is 0 Å². The molecule has 18 heavy (non-hydrogen) atoms. The minimum absolute atomic E-state index is 0.101. The second-order valence-corrected chi connectivity index (χ2v) is 3.82. The number of nitrogens with zero attached hydrogens (tertiary/aromatic N) is 2. The highest BCUT2D eigenvalue weighted by molar-refractivity contribution is 6.28. The molecule has 1 amide bonds. The van der Waals surface area contributed by atoms with E-state index in [0.29, 0.717) is 5.82 Å². The molecule has 0 unspecified atom stereocenters. The summed E-state index contributed by atoms with van der Waals surface area (Å²) >= 11 is 5.61. The summed E-state index contributed by atoms with van der Waals surface area (Å²) in [7, 11) is 0. The van der Waals surface area contributed by atoms with Crippen LogP contribution in [0.5, 0.6) is 0 Å². The van der Waals surface area contributed by atoms with E-state index in [9.17, 15) is 4.79 Å². The van der Waals surface area contributed by atoms with Crippen molar-refractivity contribution >= 4 is 29.0 Å². The van der Waals surface area contributed by atoms with Gasteiger partial charge in [0.05, 0.1) is 6.54 Å². The maximum atomic E-state index is 11.6. The lowest BCUT2D eigenvalue weighted by Crippen LogP contribution is -2.22. The van der Waals surface area contributed by atoms with Gasteiger partial charge in [-0.25, -0.2) is 9.97 Å². The third-order valence-corrected chi connectivity index (χ3v) is 2.30. The number of halogens is 1. The number of carbonyl (C=O) groups is 1. The van der Waals surface area contributed by atoms with Crippen molar-refractivity contribution in [2.45, 2.75) is 0 Å². The van der Waals surface area contributed by atoms with Crippen LogP contribution in [0.15, 0.2) is 42.6 Å². The molecular weight excluding hydrogens is 252 g/mol. The van der Waals surface area contributed by atoms with Crippen LogP contribution in [0.25, 0.3) is 0 Å². The summed E-state index contributed by atoms with van der Waals surface area (Å²) in [6, 6.07) is 11.0. The Balaban J connectivity index is 1.86. The lowest BCUT2D eigenvalue weighted by Gasteiger charge is -2.06. The summed E-state index contributed by atoms with van der Waals surface area (Å²) in [5, 5.41) is 5.71. The Morgan fingerprint density at radius 3 is 2.72 bits per heavy atom. The topological polar surface area (TPSA) is 66.9 Å². The minimum atomic E-state index is -0.200. The van der Waals surface area contributed by atoms with Gasteiger partial charge < -0.3 is 10.6 Å². The van der Waals surface area contributed by atoms with E-state index in [2.05, 4.69) is 20.6 Å². The molecule has 0 atom stereocenters. The first-order valence-electron chi connectivity index (χ1n) is 5.31. The molecule has 1 heterocycles. The molecule has 0 aliphatic carbocycles. The molecule has 0 bridgehead atoms. The van der Waals surface area contributed by atoms with Crippen molar-refractivity contribution in [1.82, 2.24) is 9.97 Å². The monoisotopic (exact) mass is 262 g/mol. The quantitative estimate of drug-likeness (QED) is 0.829. The molecule has 0 aliphatic rings. The average molecular weight is 263 g/mol. The number of para-hydroxylation sites is 1. The van der Waals surface area contributed by atoms with E-state index in [0.717, 1.165) is 5.69 Å². The van der Waals surface area contributed by atoms with Crippen LogP contribution in [-0.2, 0) is 4.79 Å². The summed E-state index contributed by atoms with van der Waals surface area (Å²) in [5.74, 6) is 0.184. The van der Waals surface area contributed by atoms with Crippen molar-refractivity contribution in [3.8, 4) is 0 Å². The smallest absolute Gasteiger partial charge is 0.244 e. The summed E-state index contributed by atoms with van der Waals surface area (Å²) in [6.45, 7) is 0.158. The zero-order chi connectivity index (χ0) is 12.8. The fourth-order valence-electron chi connectivity index (χ4n) is 1.33. The van der Waals surface area contributed by atoms with Crippen LogP contribution in [0, 0.1) is 0 Å².